The molecule has 3 aromatic rings. The first-order chi connectivity index (χ1) is 15.5. The Hall–Kier alpha value is -3.72. The average Bonchev–Trinajstić information content (AvgIpc) is 3.24. The second-order valence-electron chi connectivity index (χ2n) is 6.86. The van der Waals surface area contributed by atoms with E-state index < -0.39 is 11.9 Å². The van der Waals surface area contributed by atoms with E-state index in [0.717, 1.165) is 11.3 Å². The summed E-state index contributed by atoms with van der Waals surface area (Å²) < 4.78 is 10.4. The number of rotatable bonds is 10. The highest BCUT2D eigenvalue weighted by Crippen LogP contribution is 2.14. The van der Waals surface area contributed by atoms with E-state index in [-0.39, 0.29) is 32.1 Å². The van der Waals surface area contributed by atoms with E-state index in [0.29, 0.717) is 16.5 Å². The molecule has 1 heterocycles. The minimum atomic E-state index is -0.593. The predicted octanol–water partition coefficient (Wildman–Crippen LogP) is 2.87. The van der Waals surface area contributed by atoms with Crippen LogP contribution in [0.1, 0.15) is 16.3 Å². The zero-order chi connectivity index (χ0) is 22.8. The maximum Gasteiger partial charge on any atom is 0.325 e. The predicted molar refractivity (Wildman–Crippen MR) is 120 cm³/mol. The first-order valence-corrected chi connectivity index (χ1v) is 10.8. The highest BCUT2D eigenvalue weighted by atomic mass is 32.1. The smallest absolute Gasteiger partial charge is 0.325 e. The van der Waals surface area contributed by atoms with Crippen LogP contribution >= 0.6 is 11.3 Å². The number of aryl methyl sites for hydroxylation is 1. The van der Waals surface area contributed by atoms with Crippen molar-refractivity contribution in [3.8, 4) is 5.75 Å². The molecule has 3 rings (SSSR count). The van der Waals surface area contributed by atoms with Gasteiger partial charge < -0.3 is 20.1 Å². The largest absolute Gasteiger partial charge is 0.484 e. The zero-order valence-corrected chi connectivity index (χ0v) is 18.3. The van der Waals surface area contributed by atoms with Crippen molar-refractivity contribution < 1.29 is 23.9 Å². The molecular weight excluding hydrogens is 430 g/mol. The zero-order valence-electron chi connectivity index (χ0n) is 17.5. The molecule has 0 aliphatic rings. The number of nitrogens with zero attached hydrogens (tertiary/aromatic N) is 1. The quantitative estimate of drug-likeness (QED) is 0.457. The van der Waals surface area contributed by atoms with Crippen molar-refractivity contribution in [3.05, 3.63) is 76.2 Å². The van der Waals surface area contributed by atoms with Crippen LogP contribution in [0, 0.1) is 6.92 Å². The molecule has 0 fully saturated rings. The van der Waals surface area contributed by atoms with Crippen LogP contribution in [0.15, 0.2) is 60.0 Å². The van der Waals surface area contributed by atoms with Gasteiger partial charge in [0.2, 0.25) is 5.91 Å². The summed E-state index contributed by atoms with van der Waals surface area (Å²) in [4.78, 5) is 40.1. The van der Waals surface area contributed by atoms with Crippen molar-refractivity contribution in [1.82, 2.24) is 10.3 Å². The summed E-state index contributed by atoms with van der Waals surface area (Å²) in [6.45, 7) is 1.47. The third-order valence-corrected chi connectivity index (χ3v) is 5.07. The van der Waals surface area contributed by atoms with E-state index in [9.17, 15) is 14.4 Å². The number of thiazole rings is 1. The SMILES string of the molecule is Cc1ccc(NC(=O)Cc2nc(COC(=O)CNC(=O)COc3ccccc3)cs2)cc1. The van der Waals surface area contributed by atoms with Crippen LogP contribution < -0.4 is 15.4 Å². The molecule has 0 spiro atoms. The van der Waals surface area contributed by atoms with Gasteiger partial charge in [-0.1, -0.05) is 35.9 Å². The molecule has 9 heteroatoms. The molecule has 32 heavy (non-hydrogen) atoms. The molecule has 0 saturated heterocycles. The van der Waals surface area contributed by atoms with Crippen LogP contribution in [0.4, 0.5) is 5.69 Å². The van der Waals surface area contributed by atoms with Crippen LogP contribution in [0.3, 0.4) is 0 Å². The fourth-order valence-electron chi connectivity index (χ4n) is 2.57. The third kappa shape index (κ3) is 7.84. The number of ether oxygens (including phenoxy) is 2. The van der Waals surface area contributed by atoms with Crippen molar-refractivity contribution in [1.29, 1.82) is 0 Å². The fraction of sp³-hybridized carbons (Fsp3) is 0.217. The van der Waals surface area contributed by atoms with Crippen LogP contribution in [-0.2, 0) is 32.1 Å². The van der Waals surface area contributed by atoms with E-state index in [1.54, 1.807) is 29.6 Å². The molecule has 8 nitrogen and oxygen atoms in total. The molecule has 2 N–H and O–H groups in total. The van der Waals surface area contributed by atoms with E-state index in [2.05, 4.69) is 15.6 Å². The summed E-state index contributed by atoms with van der Waals surface area (Å²) in [6.07, 6.45) is 0.129. The number of esters is 1. The average molecular weight is 454 g/mol. The molecule has 0 aliphatic heterocycles. The van der Waals surface area contributed by atoms with Crippen LogP contribution in [0.2, 0.25) is 0 Å². The topological polar surface area (TPSA) is 107 Å². The van der Waals surface area contributed by atoms with Gasteiger partial charge in [0, 0.05) is 11.1 Å². The summed E-state index contributed by atoms with van der Waals surface area (Å²) >= 11 is 1.32. The molecule has 0 atom stereocenters. The molecule has 0 unspecified atom stereocenters. The Morgan fingerprint density at radius 3 is 2.50 bits per heavy atom. The lowest BCUT2D eigenvalue weighted by molar-refractivity contribution is -0.145. The lowest BCUT2D eigenvalue weighted by atomic mass is 10.2. The van der Waals surface area contributed by atoms with Gasteiger partial charge in [-0.25, -0.2) is 4.98 Å². The molecule has 166 valence electrons. The first-order valence-electron chi connectivity index (χ1n) is 9.88. The molecule has 2 aromatic carbocycles. The number of amides is 2. The normalized spacial score (nSPS) is 10.3. The van der Waals surface area contributed by atoms with E-state index in [1.165, 1.54) is 11.3 Å². The number of carbonyl (C=O) groups is 3. The second kappa shape index (κ2) is 11.6. The Balaban J connectivity index is 1.34. The van der Waals surface area contributed by atoms with Crippen molar-refractivity contribution in [2.45, 2.75) is 20.0 Å². The van der Waals surface area contributed by atoms with Crippen molar-refractivity contribution in [2.75, 3.05) is 18.5 Å². The van der Waals surface area contributed by atoms with Gasteiger partial charge in [0.25, 0.3) is 5.91 Å². The third-order valence-electron chi connectivity index (χ3n) is 4.17. The summed E-state index contributed by atoms with van der Waals surface area (Å²) in [5.41, 5.74) is 2.38. The monoisotopic (exact) mass is 453 g/mol. The highest BCUT2D eigenvalue weighted by Gasteiger charge is 2.11. The molecule has 0 radical (unpaired) electrons. The summed E-state index contributed by atoms with van der Waals surface area (Å²) in [7, 11) is 0. The minimum Gasteiger partial charge on any atom is -0.484 e. The number of carbonyl (C=O) groups excluding carboxylic acids is 3. The first kappa shape index (κ1) is 23.0. The molecular formula is C23H23N3O5S. The molecule has 1 aromatic heterocycles. The fourth-order valence-corrected chi connectivity index (χ4v) is 3.35. The minimum absolute atomic E-state index is 0.0364. The number of benzene rings is 2. The Morgan fingerprint density at radius 1 is 1.00 bits per heavy atom. The Kier molecular flexibility index (Phi) is 8.33. The Labute approximate surface area is 189 Å². The maximum absolute atomic E-state index is 12.2. The van der Waals surface area contributed by atoms with Gasteiger partial charge in [-0.05, 0) is 31.2 Å². The van der Waals surface area contributed by atoms with Crippen LogP contribution in [0.5, 0.6) is 5.75 Å². The second-order valence-corrected chi connectivity index (χ2v) is 7.81. The number of anilines is 1. The summed E-state index contributed by atoms with van der Waals surface area (Å²) in [6, 6.07) is 16.4. The molecule has 2 amide bonds. The summed E-state index contributed by atoms with van der Waals surface area (Å²) in [5.74, 6) is -0.629. The number of aromatic nitrogens is 1. The van der Waals surface area contributed by atoms with Crippen LogP contribution in [-0.4, -0.2) is 35.9 Å². The number of para-hydroxylation sites is 1. The number of nitrogens with one attached hydrogen (secondary N) is 2. The lowest BCUT2D eigenvalue weighted by Gasteiger charge is -2.07. The van der Waals surface area contributed by atoms with Gasteiger partial charge in [0.1, 0.15) is 23.9 Å². The standard InChI is InChI=1S/C23H23N3O5S/c1-16-7-9-17(10-8-16)25-20(27)11-22-26-18(15-32-22)13-31-23(29)12-24-21(28)14-30-19-5-3-2-4-6-19/h2-10,15H,11-14H2,1H3,(H,24,28)(H,25,27). The Morgan fingerprint density at radius 2 is 1.75 bits per heavy atom. The van der Waals surface area contributed by atoms with Gasteiger partial charge in [0.15, 0.2) is 6.61 Å². The van der Waals surface area contributed by atoms with Gasteiger partial charge in [-0.15, -0.1) is 11.3 Å². The molecule has 0 aliphatic carbocycles. The van der Waals surface area contributed by atoms with Crippen LogP contribution in [0.25, 0.3) is 0 Å². The van der Waals surface area contributed by atoms with Gasteiger partial charge in [-0.3, -0.25) is 14.4 Å². The van der Waals surface area contributed by atoms with E-state index in [4.69, 9.17) is 9.47 Å². The van der Waals surface area contributed by atoms with Gasteiger partial charge in [0.05, 0.1) is 12.1 Å². The van der Waals surface area contributed by atoms with Gasteiger partial charge in [-0.2, -0.15) is 0 Å². The van der Waals surface area contributed by atoms with Crippen molar-refractivity contribution in [3.63, 3.8) is 0 Å². The van der Waals surface area contributed by atoms with E-state index >= 15 is 0 Å². The highest BCUT2D eigenvalue weighted by molar-refractivity contribution is 7.09. The molecule has 0 saturated carbocycles. The van der Waals surface area contributed by atoms with E-state index in [1.807, 2.05) is 37.3 Å². The maximum atomic E-state index is 12.2. The Bertz CT molecular complexity index is 1050. The van der Waals surface area contributed by atoms with Gasteiger partial charge >= 0.3 is 5.97 Å². The number of hydrogen-bond acceptors (Lipinski definition) is 7. The molecule has 0 bridgehead atoms. The number of hydrogen-bond donors (Lipinski definition) is 2. The van der Waals surface area contributed by atoms with Crippen molar-refractivity contribution in [2.24, 2.45) is 0 Å². The summed E-state index contributed by atoms with van der Waals surface area (Å²) in [5, 5.41) is 7.60. The van der Waals surface area contributed by atoms with Crippen molar-refractivity contribution >= 4 is 34.8 Å². The lowest BCUT2D eigenvalue weighted by Crippen LogP contribution is -2.34.